The molecule has 5 heteroatoms. The normalized spacial score (nSPS) is 16.5. The van der Waals surface area contributed by atoms with Gasteiger partial charge in [0.05, 0.1) is 25.8 Å². The number of carbonyl (C=O) groups is 1. The van der Waals surface area contributed by atoms with Crippen molar-refractivity contribution in [2.24, 2.45) is 5.92 Å². The van der Waals surface area contributed by atoms with Crippen LogP contribution in [0.4, 0.5) is 5.69 Å². The van der Waals surface area contributed by atoms with Crippen molar-refractivity contribution in [1.29, 1.82) is 0 Å². The van der Waals surface area contributed by atoms with Crippen LogP contribution in [0.5, 0.6) is 11.5 Å². The van der Waals surface area contributed by atoms with Crippen LogP contribution < -0.4 is 19.7 Å². The Balaban J connectivity index is 1.47. The van der Waals surface area contributed by atoms with E-state index >= 15 is 0 Å². The van der Waals surface area contributed by atoms with Crippen LogP contribution in [0.3, 0.4) is 0 Å². The second kappa shape index (κ2) is 8.13. The summed E-state index contributed by atoms with van der Waals surface area (Å²) in [6.45, 7) is 6.85. The summed E-state index contributed by atoms with van der Waals surface area (Å²) >= 11 is 0. The van der Waals surface area contributed by atoms with Crippen molar-refractivity contribution in [3.8, 4) is 11.5 Å². The van der Waals surface area contributed by atoms with Gasteiger partial charge in [-0.2, -0.15) is 0 Å². The van der Waals surface area contributed by atoms with E-state index in [1.54, 1.807) is 0 Å². The fourth-order valence-electron chi connectivity index (χ4n) is 3.97. The number of benzene rings is 2. The summed E-state index contributed by atoms with van der Waals surface area (Å²) in [6, 6.07) is 14.3. The zero-order valence-corrected chi connectivity index (χ0v) is 16.6. The standard InChI is InChI=1S/C23H28N2O3/c1-16(2)23(18-8-9-20-21(14-18)28-13-5-12-27-20)24-22(26)15-25-11-10-17-6-3-4-7-19(17)25/h3-4,6-9,14,16,23H,5,10-13,15H2,1-2H3,(H,24,26). The molecule has 0 saturated carbocycles. The predicted molar refractivity (Wildman–Crippen MR) is 110 cm³/mol. The van der Waals surface area contributed by atoms with Gasteiger partial charge < -0.3 is 19.7 Å². The van der Waals surface area contributed by atoms with Crippen LogP contribution in [0.15, 0.2) is 42.5 Å². The van der Waals surface area contributed by atoms with Gasteiger partial charge in [-0.05, 0) is 41.7 Å². The van der Waals surface area contributed by atoms with Gasteiger partial charge in [0.15, 0.2) is 11.5 Å². The molecule has 2 aromatic carbocycles. The minimum atomic E-state index is -0.0671. The second-order valence-electron chi connectivity index (χ2n) is 7.85. The van der Waals surface area contributed by atoms with E-state index < -0.39 is 0 Å². The van der Waals surface area contributed by atoms with Gasteiger partial charge in [-0.1, -0.05) is 38.1 Å². The van der Waals surface area contributed by atoms with Gasteiger partial charge >= 0.3 is 0 Å². The first-order valence-electron chi connectivity index (χ1n) is 10.1. The molecular weight excluding hydrogens is 352 g/mol. The lowest BCUT2D eigenvalue weighted by Crippen LogP contribution is -2.39. The van der Waals surface area contributed by atoms with Crippen LogP contribution in [-0.2, 0) is 11.2 Å². The van der Waals surface area contributed by atoms with E-state index in [4.69, 9.17) is 9.47 Å². The SMILES string of the molecule is CC(C)C(NC(=O)CN1CCc2ccccc21)c1ccc2c(c1)OCCCO2. The molecule has 0 bridgehead atoms. The van der Waals surface area contributed by atoms with Crippen LogP contribution in [0.2, 0.25) is 0 Å². The average Bonchev–Trinajstić information content (AvgIpc) is 2.94. The third-order valence-corrected chi connectivity index (χ3v) is 5.43. The lowest BCUT2D eigenvalue weighted by atomic mass is 9.95. The van der Waals surface area contributed by atoms with E-state index in [9.17, 15) is 4.79 Å². The molecule has 0 aliphatic carbocycles. The Morgan fingerprint density at radius 2 is 1.89 bits per heavy atom. The third-order valence-electron chi connectivity index (χ3n) is 5.43. The molecule has 0 aromatic heterocycles. The molecule has 2 aliphatic heterocycles. The van der Waals surface area contributed by atoms with Gasteiger partial charge in [-0.3, -0.25) is 4.79 Å². The van der Waals surface area contributed by atoms with Gasteiger partial charge in [0.25, 0.3) is 0 Å². The summed E-state index contributed by atoms with van der Waals surface area (Å²) in [5, 5.41) is 3.24. The average molecular weight is 380 g/mol. The highest BCUT2D eigenvalue weighted by atomic mass is 16.5. The van der Waals surface area contributed by atoms with E-state index in [1.165, 1.54) is 11.3 Å². The van der Waals surface area contributed by atoms with Gasteiger partial charge in [-0.15, -0.1) is 0 Å². The molecule has 0 spiro atoms. The Labute approximate surface area is 166 Å². The number of carbonyl (C=O) groups excluding carboxylic acids is 1. The summed E-state index contributed by atoms with van der Waals surface area (Å²) in [5.74, 6) is 1.86. The number of fused-ring (bicyclic) bond motifs is 2. The highest BCUT2D eigenvalue weighted by Gasteiger charge is 2.24. The van der Waals surface area contributed by atoms with Gasteiger partial charge in [0, 0.05) is 18.7 Å². The lowest BCUT2D eigenvalue weighted by Gasteiger charge is -2.26. The van der Waals surface area contributed by atoms with E-state index in [1.807, 2.05) is 24.3 Å². The molecule has 1 amide bonds. The smallest absolute Gasteiger partial charge is 0.240 e. The Bertz CT molecular complexity index is 849. The molecule has 1 N–H and O–H groups in total. The summed E-state index contributed by atoms with van der Waals surface area (Å²) in [6.07, 6.45) is 1.88. The summed E-state index contributed by atoms with van der Waals surface area (Å²) in [7, 11) is 0. The summed E-state index contributed by atoms with van der Waals surface area (Å²) in [4.78, 5) is 15.0. The molecular formula is C23H28N2O3. The second-order valence-corrected chi connectivity index (χ2v) is 7.85. The number of hydrogen-bond donors (Lipinski definition) is 1. The third kappa shape index (κ3) is 3.93. The molecule has 4 rings (SSSR count). The van der Waals surface area contributed by atoms with Crippen molar-refractivity contribution < 1.29 is 14.3 Å². The molecule has 2 aromatic rings. The maximum atomic E-state index is 12.8. The van der Waals surface area contributed by atoms with Crippen LogP contribution in [-0.4, -0.2) is 32.2 Å². The van der Waals surface area contributed by atoms with Crippen molar-refractivity contribution in [3.63, 3.8) is 0 Å². The molecule has 148 valence electrons. The Kier molecular flexibility index (Phi) is 5.42. The van der Waals surface area contributed by atoms with Crippen LogP contribution in [0, 0.1) is 5.92 Å². The zero-order chi connectivity index (χ0) is 19.5. The topological polar surface area (TPSA) is 50.8 Å². The van der Waals surface area contributed by atoms with Crippen molar-refractivity contribution in [3.05, 3.63) is 53.6 Å². The lowest BCUT2D eigenvalue weighted by molar-refractivity contribution is -0.120. The number of ether oxygens (including phenoxy) is 2. The van der Waals surface area contributed by atoms with Gasteiger partial charge in [0.2, 0.25) is 5.91 Å². The first kappa shape index (κ1) is 18.7. The Morgan fingerprint density at radius 3 is 2.71 bits per heavy atom. The minimum Gasteiger partial charge on any atom is -0.490 e. The maximum Gasteiger partial charge on any atom is 0.240 e. The van der Waals surface area contributed by atoms with Gasteiger partial charge in [-0.25, -0.2) is 0 Å². The van der Waals surface area contributed by atoms with Crippen molar-refractivity contribution in [2.75, 3.05) is 31.2 Å². The van der Waals surface area contributed by atoms with Crippen molar-refractivity contribution >= 4 is 11.6 Å². The molecule has 2 aliphatic rings. The maximum absolute atomic E-state index is 12.8. The predicted octanol–water partition coefficient (Wildman–Crippen LogP) is 3.72. The fraction of sp³-hybridized carbons (Fsp3) is 0.435. The summed E-state index contributed by atoms with van der Waals surface area (Å²) in [5.41, 5.74) is 3.54. The number of rotatable bonds is 5. The minimum absolute atomic E-state index is 0.0440. The molecule has 0 saturated heterocycles. The molecule has 28 heavy (non-hydrogen) atoms. The Morgan fingerprint density at radius 1 is 1.11 bits per heavy atom. The molecule has 0 fully saturated rings. The number of hydrogen-bond acceptors (Lipinski definition) is 4. The highest BCUT2D eigenvalue weighted by Crippen LogP contribution is 2.34. The number of nitrogens with one attached hydrogen (secondary N) is 1. The Hall–Kier alpha value is -2.69. The molecule has 2 heterocycles. The number of para-hydroxylation sites is 1. The van der Waals surface area contributed by atoms with Gasteiger partial charge in [0.1, 0.15) is 0 Å². The zero-order valence-electron chi connectivity index (χ0n) is 16.6. The van der Waals surface area contributed by atoms with Crippen LogP contribution in [0.1, 0.15) is 37.4 Å². The van der Waals surface area contributed by atoms with Crippen LogP contribution >= 0.6 is 0 Å². The highest BCUT2D eigenvalue weighted by molar-refractivity contribution is 5.82. The fourth-order valence-corrected chi connectivity index (χ4v) is 3.97. The number of nitrogens with zero attached hydrogens (tertiary/aromatic N) is 1. The van der Waals surface area contributed by atoms with E-state index in [0.29, 0.717) is 19.8 Å². The monoisotopic (exact) mass is 380 g/mol. The number of amides is 1. The van der Waals surface area contributed by atoms with E-state index in [0.717, 1.165) is 36.4 Å². The van der Waals surface area contributed by atoms with Crippen molar-refractivity contribution in [2.45, 2.75) is 32.7 Å². The number of anilines is 1. The first-order chi connectivity index (χ1) is 13.6. The molecule has 1 atom stereocenters. The molecule has 5 nitrogen and oxygen atoms in total. The largest absolute Gasteiger partial charge is 0.490 e. The van der Waals surface area contributed by atoms with Crippen LogP contribution in [0.25, 0.3) is 0 Å². The summed E-state index contributed by atoms with van der Waals surface area (Å²) < 4.78 is 11.6. The van der Waals surface area contributed by atoms with E-state index in [-0.39, 0.29) is 17.9 Å². The first-order valence-corrected chi connectivity index (χ1v) is 10.1. The molecule has 1 unspecified atom stereocenters. The quantitative estimate of drug-likeness (QED) is 0.859. The van der Waals surface area contributed by atoms with E-state index in [2.05, 4.69) is 42.3 Å². The molecule has 0 radical (unpaired) electrons. The van der Waals surface area contributed by atoms with Crippen molar-refractivity contribution in [1.82, 2.24) is 5.32 Å².